The summed E-state index contributed by atoms with van der Waals surface area (Å²) < 4.78 is 28.2. The highest BCUT2D eigenvalue weighted by Crippen LogP contribution is 2.33. The van der Waals surface area contributed by atoms with Gasteiger partial charge in [-0.15, -0.1) is 0 Å². The Hall–Kier alpha value is -3.98. The van der Waals surface area contributed by atoms with Gasteiger partial charge in [0.15, 0.2) is 0 Å². The number of carbonyl (C=O) groups excluding carboxylic acids is 1. The van der Waals surface area contributed by atoms with Crippen LogP contribution in [0.4, 0.5) is 11.4 Å². The number of rotatable bonds is 6. The molecule has 1 aromatic heterocycles. The van der Waals surface area contributed by atoms with Crippen LogP contribution in [0.2, 0.25) is 5.02 Å². The molecule has 0 unspecified atom stereocenters. The lowest BCUT2D eigenvalue weighted by molar-refractivity contribution is -0.384. The number of benzene rings is 2. The third-order valence-corrected chi connectivity index (χ3v) is 5.40. The molecule has 1 heterocycles. The lowest BCUT2D eigenvalue weighted by atomic mass is 10.1. The van der Waals surface area contributed by atoms with Gasteiger partial charge in [0.1, 0.15) is 23.2 Å². The minimum absolute atomic E-state index is 0.130. The van der Waals surface area contributed by atoms with Gasteiger partial charge in [-0.2, -0.15) is 5.26 Å². The minimum atomic E-state index is -3.88. The molecule has 1 amide bonds. The molecule has 0 aliphatic carbocycles. The fourth-order valence-corrected chi connectivity index (χ4v) is 3.33. The van der Waals surface area contributed by atoms with Crippen molar-refractivity contribution in [1.29, 1.82) is 5.26 Å². The number of nitrogens with zero attached hydrogens (tertiary/aromatic N) is 2. The van der Waals surface area contributed by atoms with Crippen molar-refractivity contribution in [3.05, 3.63) is 81.1 Å². The number of amides is 1. The fourth-order valence-electron chi connectivity index (χ4n) is 2.61. The Kier molecular flexibility index (Phi) is 6.40. The van der Waals surface area contributed by atoms with E-state index in [1.807, 2.05) is 0 Å². The molecule has 0 aliphatic heterocycles. The minimum Gasteiger partial charge on any atom is -0.457 e. The molecule has 0 saturated carbocycles. The van der Waals surface area contributed by atoms with Gasteiger partial charge in [0.2, 0.25) is 10.0 Å². The molecule has 0 fully saturated rings. The first-order valence-electron chi connectivity index (χ1n) is 8.68. The zero-order chi connectivity index (χ0) is 23.5. The van der Waals surface area contributed by atoms with Gasteiger partial charge in [-0.05, 0) is 42.5 Å². The Morgan fingerprint density at radius 1 is 1.19 bits per heavy atom. The smallest absolute Gasteiger partial charge is 0.270 e. The number of hydrogen-bond acceptors (Lipinski definition) is 7. The van der Waals surface area contributed by atoms with E-state index in [0.717, 1.165) is 0 Å². The molecule has 0 saturated heterocycles. The molecule has 0 atom stereocenters. The second-order valence-electron chi connectivity index (χ2n) is 6.32. The van der Waals surface area contributed by atoms with Gasteiger partial charge in [0.05, 0.1) is 14.8 Å². The number of anilines is 1. The van der Waals surface area contributed by atoms with Gasteiger partial charge in [0.25, 0.3) is 11.6 Å². The van der Waals surface area contributed by atoms with Gasteiger partial charge >= 0.3 is 0 Å². The van der Waals surface area contributed by atoms with Crippen LogP contribution in [-0.2, 0) is 14.8 Å². The van der Waals surface area contributed by atoms with E-state index in [0.29, 0.717) is 0 Å². The lowest BCUT2D eigenvalue weighted by Gasteiger charge is -2.05. The van der Waals surface area contributed by atoms with E-state index in [4.69, 9.17) is 21.2 Å². The Balaban J connectivity index is 1.82. The van der Waals surface area contributed by atoms with Crippen LogP contribution in [0.5, 0.6) is 0 Å². The van der Waals surface area contributed by atoms with E-state index in [1.54, 1.807) is 6.07 Å². The van der Waals surface area contributed by atoms with Crippen LogP contribution in [0.1, 0.15) is 5.76 Å². The number of carbonyl (C=O) groups is 1. The van der Waals surface area contributed by atoms with Crippen molar-refractivity contribution in [2.45, 2.75) is 4.90 Å². The first-order valence-corrected chi connectivity index (χ1v) is 10.6. The molecule has 2 aromatic carbocycles. The predicted molar refractivity (Wildman–Crippen MR) is 116 cm³/mol. The zero-order valence-electron chi connectivity index (χ0n) is 16.0. The van der Waals surface area contributed by atoms with Crippen LogP contribution in [0.15, 0.2) is 69.5 Å². The van der Waals surface area contributed by atoms with Crippen LogP contribution in [0.3, 0.4) is 0 Å². The number of sulfonamides is 1. The van der Waals surface area contributed by atoms with E-state index < -0.39 is 20.9 Å². The summed E-state index contributed by atoms with van der Waals surface area (Å²) in [5.41, 5.74) is 0.0421. The van der Waals surface area contributed by atoms with Gasteiger partial charge in [0, 0.05) is 29.5 Å². The summed E-state index contributed by atoms with van der Waals surface area (Å²) >= 11 is 6.10. The Morgan fingerprint density at radius 2 is 1.88 bits per heavy atom. The number of nitrogens with one attached hydrogen (secondary N) is 1. The molecule has 3 aromatic rings. The van der Waals surface area contributed by atoms with Gasteiger partial charge in [-0.25, -0.2) is 13.6 Å². The zero-order valence-corrected chi connectivity index (χ0v) is 17.6. The van der Waals surface area contributed by atoms with Crippen molar-refractivity contribution in [1.82, 2.24) is 0 Å². The van der Waals surface area contributed by atoms with Crippen LogP contribution in [0, 0.1) is 21.4 Å². The van der Waals surface area contributed by atoms with Crippen molar-refractivity contribution in [2.24, 2.45) is 5.14 Å². The summed E-state index contributed by atoms with van der Waals surface area (Å²) in [6, 6.07) is 13.6. The molecule has 3 rings (SSSR count). The van der Waals surface area contributed by atoms with E-state index in [1.165, 1.54) is 60.7 Å². The highest BCUT2D eigenvalue weighted by atomic mass is 35.5. The molecular formula is C20H13ClN4O6S. The normalized spacial score (nSPS) is 11.6. The quantitative estimate of drug-likeness (QED) is 0.238. The number of hydrogen-bond donors (Lipinski definition) is 2. The average Bonchev–Trinajstić information content (AvgIpc) is 3.20. The molecule has 162 valence electrons. The number of non-ortho nitro benzene ring substituents is 1. The SMILES string of the molecule is N#C/C(=C\c1ccc(-c2cc([N+](=O)[O-])ccc2Cl)o1)C(=O)Nc1ccc(S(N)(=O)=O)cc1. The Bertz CT molecular complexity index is 1390. The summed E-state index contributed by atoms with van der Waals surface area (Å²) in [7, 11) is -3.88. The van der Waals surface area contributed by atoms with E-state index >= 15 is 0 Å². The van der Waals surface area contributed by atoms with Crippen molar-refractivity contribution in [3.8, 4) is 17.4 Å². The summed E-state index contributed by atoms with van der Waals surface area (Å²) in [5, 5.41) is 28.0. The summed E-state index contributed by atoms with van der Waals surface area (Å²) in [5.74, 6) is -0.415. The molecule has 3 N–H and O–H groups in total. The third kappa shape index (κ3) is 5.19. The summed E-state index contributed by atoms with van der Waals surface area (Å²) in [6.45, 7) is 0. The van der Waals surface area contributed by atoms with E-state index in [-0.39, 0.29) is 43.9 Å². The maximum atomic E-state index is 12.4. The lowest BCUT2D eigenvalue weighted by Crippen LogP contribution is -2.14. The Morgan fingerprint density at radius 3 is 2.47 bits per heavy atom. The van der Waals surface area contributed by atoms with Crippen LogP contribution in [-0.4, -0.2) is 19.2 Å². The van der Waals surface area contributed by atoms with Crippen LogP contribution < -0.4 is 10.5 Å². The molecule has 0 aliphatic rings. The molecule has 10 nitrogen and oxygen atoms in total. The number of furan rings is 1. The van der Waals surface area contributed by atoms with Crippen LogP contribution in [0.25, 0.3) is 17.4 Å². The number of primary sulfonamides is 1. The van der Waals surface area contributed by atoms with Crippen molar-refractivity contribution < 1.29 is 22.6 Å². The summed E-state index contributed by atoms with van der Waals surface area (Å²) in [6.07, 6.45) is 1.18. The number of nitro benzene ring substituents is 1. The molecule has 32 heavy (non-hydrogen) atoms. The maximum absolute atomic E-state index is 12.4. The largest absolute Gasteiger partial charge is 0.457 e. The van der Waals surface area contributed by atoms with Gasteiger partial charge < -0.3 is 9.73 Å². The van der Waals surface area contributed by atoms with Crippen LogP contribution >= 0.6 is 11.6 Å². The molecule has 0 bridgehead atoms. The second kappa shape index (κ2) is 9.03. The molecular weight excluding hydrogens is 460 g/mol. The summed E-state index contributed by atoms with van der Waals surface area (Å²) in [4.78, 5) is 22.7. The van der Waals surface area contributed by atoms with Gasteiger partial charge in [-0.3, -0.25) is 14.9 Å². The molecule has 0 spiro atoms. The highest BCUT2D eigenvalue weighted by Gasteiger charge is 2.16. The van der Waals surface area contributed by atoms with Crippen molar-refractivity contribution in [2.75, 3.05) is 5.32 Å². The first-order chi connectivity index (χ1) is 15.1. The maximum Gasteiger partial charge on any atom is 0.270 e. The number of nitrogens with two attached hydrogens (primary N) is 1. The highest BCUT2D eigenvalue weighted by molar-refractivity contribution is 7.89. The number of nitro groups is 1. The number of nitriles is 1. The third-order valence-electron chi connectivity index (χ3n) is 4.15. The second-order valence-corrected chi connectivity index (χ2v) is 8.29. The monoisotopic (exact) mass is 472 g/mol. The predicted octanol–water partition coefficient (Wildman–Crippen LogP) is 3.70. The van der Waals surface area contributed by atoms with Crippen molar-refractivity contribution >= 4 is 45.0 Å². The van der Waals surface area contributed by atoms with E-state index in [2.05, 4.69) is 5.32 Å². The topological polar surface area (TPSA) is 169 Å². The molecule has 0 radical (unpaired) electrons. The number of halogens is 1. The Labute approximate surface area is 186 Å². The fraction of sp³-hybridized carbons (Fsp3) is 0. The first kappa shape index (κ1) is 22.7. The standard InChI is InChI=1S/C20H13ClN4O6S/c21-18-7-3-14(25(27)28)10-17(18)19-8-4-15(31-19)9-12(11-22)20(26)24-13-1-5-16(6-2-13)32(23,29)30/h1-10H,(H,24,26)(H2,23,29,30)/b12-9+. The van der Waals surface area contributed by atoms with Gasteiger partial charge in [-0.1, -0.05) is 11.6 Å². The average molecular weight is 473 g/mol. The molecule has 12 heteroatoms. The van der Waals surface area contributed by atoms with Crippen molar-refractivity contribution in [3.63, 3.8) is 0 Å². The van der Waals surface area contributed by atoms with E-state index in [9.17, 15) is 28.6 Å².